The van der Waals surface area contributed by atoms with Crippen molar-refractivity contribution >= 4 is 39.5 Å². The lowest BCUT2D eigenvalue weighted by Crippen LogP contribution is -2.30. The number of carbonyl (C=O) groups excluding carboxylic acids is 4. The van der Waals surface area contributed by atoms with Crippen LogP contribution in [0.3, 0.4) is 0 Å². The highest BCUT2D eigenvalue weighted by Gasteiger charge is 2.30. The van der Waals surface area contributed by atoms with E-state index in [1.807, 2.05) is 0 Å². The fraction of sp³-hybridized carbons (Fsp3) is 0.947. The van der Waals surface area contributed by atoms with Gasteiger partial charge in [-0.25, -0.2) is 9.13 Å². The Hall–Kier alpha value is -1.94. The quantitative estimate of drug-likeness (QED) is 0.0222. The summed E-state index contributed by atoms with van der Waals surface area (Å²) in [5.74, 6) is 0.992. The van der Waals surface area contributed by atoms with Gasteiger partial charge in [-0.2, -0.15) is 0 Å². The first-order valence-electron chi connectivity index (χ1n) is 39.3. The van der Waals surface area contributed by atoms with Crippen molar-refractivity contribution in [3.05, 3.63) is 0 Å². The van der Waals surface area contributed by atoms with Gasteiger partial charge in [0.15, 0.2) is 12.2 Å². The summed E-state index contributed by atoms with van der Waals surface area (Å²) < 4.78 is 68.5. The maximum Gasteiger partial charge on any atom is 0.472 e. The van der Waals surface area contributed by atoms with E-state index in [4.69, 9.17) is 37.0 Å². The van der Waals surface area contributed by atoms with Gasteiger partial charge in [0.2, 0.25) is 0 Å². The highest BCUT2D eigenvalue weighted by molar-refractivity contribution is 7.47. The van der Waals surface area contributed by atoms with Gasteiger partial charge in [0.05, 0.1) is 26.4 Å². The summed E-state index contributed by atoms with van der Waals surface area (Å²) in [5, 5.41) is 10.6. The minimum atomic E-state index is -4.96. The second-order valence-corrected chi connectivity index (χ2v) is 31.5. The van der Waals surface area contributed by atoms with E-state index in [0.29, 0.717) is 25.7 Å². The summed E-state index contributed by atoms with van der Waals surface area (Å²) in [6, 6.07) is 0. The molecule has 564 valence electrons. The fourth-order valence-electron chi connectivity index (χ4n) is 11.5. The van der Waals surface area contributed by atoms with Crippen molar-refractivity contribution in [1.82, 2.24) is 0 Å². The average Bonchev–Trinajstić information content (AvgIpc) is 1.48. The molecular formula is C76H148O17P2. The Balaban J connectivity index is 5.22. The predicted molar refractivity (Wildman–Crippen MR) is 386 cm³/mol. The highest BCUT2D eigenvalue weighted by atomic mass is 31.2. The van der Waals surface area contributed by atoms with Gasteiger partial charge in [0, 0.05) is 25.7 Å². The molecule has 0 spiro atoms. The highest BCUT2D eigenvalue weighted by Crippen LogP contribution is 2.45. The van der Waals surface area contributed by atoms with Crippen molar-refractivity contribution in [2.45, 2.75) is 401 Å². The molecule has 0 saturated heterocycles. The van der Waals surface area contributed by atoms with Gasteiger partial charge in [0.1, 0.15) is 19.3 Å². The number of rotatable bonds is 73. The van der Waals surface area contributed by atoms with Crippen LogP contribution in [0.25, 0.3) is 0 Å². The van der Waals surface area contributed by atoms with Crippen LogP contribution in [0.1, 0.15) is 383 Å². The number of phosphoric acid groups is 2. The molecule has 0 bridgehead atoms. The lowest BCUT2D eigenvalue weighted by atomic mass is 9.99. The molecule has 0 fully saturated rings. The molecule has 0 aromatic carbocycles. The molecule has 0 rings (SSSR count). The Morgan fingerprint density at radius 3 is 0.747 bits per heavy atom. The molecule has 0 aliphatic carbocycles. The number of esters is 4. The first kappa shape index (κ1) is 93.1. The third-order valence-corrected chi connectivity index (χ3v) is 20.6. The van der Waals surface area contributed by atoms with E-state index in [0.717, 1.165) is 120 Å². The third-order valence-electron chi connectivity index (χ3n) is 18.7. The second kappa shape index (κ2) is 65.4. The molecular weight excluding hydrogens is 1250 g/mol. The summed E-state index contributed by atoms with van der Waals surface area (Å²) >= 11 is 0. The number of aliphatic hydroxyl groups is 1. The average molecular weight is 1400 g/mol. The van der Waals surface area contributed by atoms with Crippen molar-refractivity contribution in [2.24, 2.45) is 23.7 Å². The summed E-state index contributed by atoms with van der Waals surface area (Å²) in [6.07, 6.45) is 49.9. The standard InChI is InChI=1S/C76H148O17P2/c1-9-67(6)53-45-37-29-23-20-21-25-32-42-50-58-75(80)92-72(63-87-74(79)57-49-41-35-34-39-47-55-69(8)11-3)65-91-95(84,85)89-61-70(77)60-88-94(82,83)90-64-71(93-76(81)59-51-43-33-27-26-30-38-46-54-68(7)10-2)62-86-73(78)56-48-40-31-24-19-17-15-13-12-14-16-18-22-28-36-44-52-66(4)5/h66-72,77H,9-65H2,1-8H3,(H,82,83)(H,84,85)/t67?,68?,69?,70-,71-,72-/m1/s1. The number of aliphatic hydroxyl groups excluding tert-OH is 1. The number of hydrogen-bond acceptors (Lipinski definition) is 15. The molecule has 19 heteroatoms. The zero-order chi connectivity index (χ0) is 70.3. The molecule has 95 heavy (non-hydrogen) atoms. The molecule has 0 amide bonds. The van der Waals surface area contributed by atoms with Crippen LogP contribution in [0.4, 0.5) is 0 Å². The van der Waals surface area contributed by atoms with Crippen LogP contribution in [0.5, 0.6) is 0 Å². The van der Waals surface area contributed by atoms with Crippen LogP contribution >= 0.6 is 15.6 Å². The van der Waals surface area contributed by atoms with E-state index < -0.39 is 97.5 Å². The van der Waals surface area contributed by atoms with Gasteiger partial charge in [-0.3, -0.25) is 37.3 Å². The smallest absolute Gasteiger partial charge is 0.462 e. The normalized spacial score (nSPS) is 15.0. The summed E-state index contributed by atoms with van der Waals surface area (Å²) in [4.78, 5) is 72.8. The van der Waals surface area contributed by atoms with Gasteiger partial charge < -0.3 is 33.8 Å². The number of phosphoric ester groups is 2. The van der Waals surface area contributed by atoms with Gasteiger partial charge in [-0.15, -0.1) is 0 Å². The molecule has 0 aliphatic heterocycles. The monoisotopic (exact) mass is 1400 g/mol. The molecule has 0 aromatic heterocycles. The van der Waals surface area contributed by atoms with Crippen molar-refractivity contribution in [1.29, 1.82) is 0 Å². The lowest BCUT2D eigenvalue weighted by Gasteiger charge is -2.21. The fourth-order valence-corrected chi connectivity index (χ4v) is 13.0. The number of carbonyl (C=O) groups is 4. The van der Waals surface area contributed by atoms with Crippen molar-refractivity contribution in [2.75, 3.05) is 39.6 Å². The lowest BCUT2D eigenvalue weighted by molar-refractivity contribution is -0.161. The molecule has 5 unspecified atom stereocenters. The molecule has 0 radical (unpaired) electrons. The SMILES string of the molecule is CCC(C)CCCCCCCCCCCCC(=O)O[C@H](COC(=O)CCCCCCCCC(C)CC)COP(=O)(O)OC[C@H](O)COP(=O)(O)OC[C@@H](COC(=O)CCCCCCCCCCCCCCCCCCC(C)C)OC(=O)CCCCCCCCCCC(C)CC. The van der Waals surface area contributed by atoms with E-state index in [1.54, 1.807) is 0 Å². The second-order valence-electron chi connectivity index (χ2n) is 28.6. The Morgan fingerprint density at radius 2 is 0.505 bits per heavy atom. The van der Waals surface area contributed by atoms with Crippen LogP contribution in [0.15, 0.2) is 0 Å². The first-order valence-corrected chi connectivity index (χ1v) is 42.3. The number of unbranched alkanes of at least 4 members (excludes halogenated alkanes) is 36. The predicted octanol–water partition coefficient (Wildman–Crippen LogP) is 22.0. The third kappa shape index (κ3) is 66.4. The maximum absolute atomic E-state index is 13.1. The van der Waals surface area contributed by atoms with Crippen LogP contribution < -0.4 is 0 Å². The number of hydrogen-bond donors (Lipinski definition) is 3. The van der Waals surface area contributed by atoms with E-state index >= 15 is 0 Å². The zero-order valence-corrected chi connectivity index (χ0v) is 64.1. The molecule has 0 saturated carbocycles. The molecule has 0 aliphatic rings. The van der Waals surface area contributed by atoms with Crippen LogP contribution in [0.2, 0.25) is 0 Å². The first-order chi connectivity index (χ1) is 45.7. The van der Waals surface area contributed by atoms with Crippen LogP contribution in [-0.4, -0.2) is 96.7 Å². The number of ether oxygens (including phenoxy) is 4. The van der Waals surface area contributed by atoms with E-state index in [1.165, 1.54) is 180 Å². The Bertz CT molecular complexity index is 1870. The van der Waals surface area contributed by atoms with Crippen molar-refractivity contribution in [3.8, 4) is 0 Å². The minimum Gasteiger partial charge on any atom is -0.462 e. The largest absolute Gasteiger partial charge is 0.472 e. The van der Waals surface area contributed by atoms with Gasteiger partial charge in [-0.1, -0.05) is 331 Å². The Morgan fingerprint density at radius 1 is 0.295 bits per heavy atom. The molecule has 0 aromatic rings. The van der Waals surface area contributed by atoms with Gasteiger partial charge >= 0.3 is 39.5 Å². The topological polar surface area (TPSA) is 237 Å². The Labute approximate surface area is 581 Å². The van der Waals surface area contributed by atoms with E-state index in [2.05, 4.69) is 55.4 Å². The van der Waals surface area contributed by atoms with Gasteiger partial charge in [-0.05, 0) is 49.4 Å². The van der Waals surface area contributed by atoms with Crippen LogP contribution in [-0.2, 0) is 65.4 Å². The Kier molecular flexibility index (Phi) is 64.0. The van der Waals surface area contributed by atoms with Crippen molar-refractivity contribution < 1.29 is 80.2 Å². The summed E-state index contributed by atoms with van der Waals surface area (Å²) in [5.41, 5.74) is 0. The van der Waals surface area contributed by atoms with Crippen molar-refractivity contribution in [3.63, 3.8) is 0 Å². The van der Waals surface area contributed by atoms with Crippen LogP contribution in [0, 0.1) is 23.7 Å². The molecule has 8 atom stereocenters. The summed E-state index contributed by atoms with van der Waals surface area (Å²) in [7, 11) is -9.91. The van der Waals surface area contributed by atoms with Gasteiger partial charge in [0.25, 0.3) is 0 Å². The zero-order valence-electron chi connectivity index (χ0n) is 62.3. The molecule has 3 N–H and O–H groups in total. The molecule has 0 heterocycles. The molecule has 17 nitrogen and oxygen atoms in total. The van der Waals surface area contributed by atoms with E-state index in [9.17, 15) is 43.2 Å². The maximum atomic E-state index is 13.1. The summed E-state index contributed by atoms with van der Waals surface area (Å²) in [6.45, 7) is 14.2. The minimum absolute atomic E-state index is 0.105. The van der Waals surface area contributed by atoms with E-state index in [-0.39, 0.29) is 25.7 Å².